The topological polar surface area (TPSA) is 66.9 Å². The van der Waals surface area contributed by atoms with Crippen molar-refractivity contribution in [2.75, 3.05) is 10.6 Å². The second-order valence-corrected chi connectivity index (χ2v) is 6.33. The molecule has 0 saturated heterocycles. The number of anilines is 2. The highest BCUT2D eigenvalue weighted by Gasteiger charge is 2.08. The summed E-state index contributed by atoms with van der Waals surface area (Å²) in [5.41, 5.74) is 5.91. The van der Waals surface area contributed by atoms with Gasteiger partial charge in [-0.05, 0) is 55.2 Å². The summed E-state index contributed by atoms with van der Waals surface area (Å²) in [6.07, 6.45) is 3.06. The molecule has 0 atom stereocenters. The fourth-order valence-electron chi connectivity index (χ4n) is 2.54. The van der Waals surface area contributed by atoms with Crippen molar-refractivity contribution in [2.45, 2.75) is 27.3 Å². The van der Waals surface area contributed by atoms with E-state index in [4.69, 9.17) is 0 Å². The van der Waals surface area contributed by atoms with Crippen LogP contribution in [0.15, 0.2) is 54.9 Å². The number of aromatic nitrogens is 2. The number of nitrogens with zero attached hydrogens (tertiary/aromatic N) is 2. The van der Waals surface area contributed by atoms with Gasteiger partial charge in [0.1, 0.15) is 0 Å². The first-order valence-corrected chi connectivity index (χ1v) is 8.52. The van der Waals surface area contributed by atoms with Crippen LogP contribution >= 0.6 is 0 Å². The fraction of sp³-hybridized carbons (Fsp3) is 0.190. The molecule has 132 valence electrons. The van der Waals surface area contributed by atoms with E-state index >= 15 is 0 Å². The Kier molecular flexibility index (Phi) is 5.27. The highest BCUT2D eigenvalue weighted by Crippen LogP contribution is 2.15. The molecule has 1 heterocycles. The second kappa shape index (κ2) is 7.78. The first-order valence-electron chi connectivity index (χ1n) is 8.52. The van der Waals surface area contributed by atoms with Crippen LogP contribution in [0.2, 0.25) is 0 Å². The van der Waals surface area contributed by atoms with Crippen molar-refractivity contribution in [3.63, 3.8) is 0 Å². The molecule has 3 rings (SSSR count). The maximum atomic E-state index is 12.3. The Morgan fingerprint density at radius 1 is 0.923 bits per heavy atom. The normalized spacial score (nSPS) is 10.4. The van der Waals surface area contributed by atoms with Crippen LogP contribution in [-0.2, 0) is 6.54 Å². The Morgan fingerprint density at radius 2 is 1.65 bits per heavy atom. The van der Waals surface area contributed by atoms with Crippen LogP contribution in [0.4, 0.5) is 11.6 Å². The number of aryl methyl sites for hydroxylation is 3. The minimum absolute atomic E-state index is 0.223. The molecule has 0 aliphatic rings. The number of nitrogens with one attached hydrogen (secondary N) is 2. The zero-order valence-electron chi connectivity index (χ0n) is 15.2. The molecule has 3 aromatic rings. The van der Waals surface area contributed by atoms with Gasteiger partial charge in [0.05, 0.1) is 5.56 Å². The third kappa shape index (κ3) is 4.25. The largest absolute Gasteiger partial charge is 0.350 e. The molecule has 0 saturated carbocycles. The quantitative estimate of drug-likeness (QED) is 0.724. The van der Waals surface area contributed by atoms with Crippen LogP contribution in [-0.4, -0.2) is 15.9 Å². The van der Waals surface area contributed by atoms with Crippen molar-refractivity contribution in [3.8, 4) is 0 Å². The second-order valence-electron chi connectivity index (χ2n) is 6.33. The molecule has 0 radical (unpaired) electrons. The first-order chi connectivity index (χ1) is 12.5. The minimum Gasteiger partial charge on any atom is -0.350 e. The molecule has 5 heteroatoms. The zero-order chi connectivity index (χ0) is 18.5. The average Bonchev–Trinajstić information content (AvgIpc) is 2.64. The van der Waals surface area contributed by atoms with Crippen molar-refractivity contribution < 1.29 is 4.79 Å². The predicted molar refractivity (Wildman–Crippen MR) is 104 cm³/mol. The SMILES string of the molecule is Cc1ccc(NC(=O)c2cnc(NCc3ccccc3C)nc2)cc1C. The number of amides is 1. The third-order valence-electron chi connectivity index (χ3n) is 4.38. The van der Waals surface area contributed by atoms with Gasteiger partial charge in [-0.25, -0.2) is 9.97 Å². The molecule has 0 fully saturated rings. The fourth-order valence-corrected chi connectivity index (χ4v) is 2.54. The molecular weight excluding hydrogens is 324 g/mol. The summed E-state index contributed by atoms with van der Waals surface area (Å²) in [5, 5.41) is 6.05. The van der Waals surface area contributed by atoms with E-state index in [0.717, 1.165) is 11.3 Å². The van der Waals surface area contributed by atoms with Crippen LogP contribution in [0.25, 0.3) is 0 Å². The van der Waals surface area contributed by atoms with Crippen LogP contribution in [0.3, 0.4) is 0 Å². The molecule has 0 aliphatic carbocycles. The van der Waals surface area contributed by atoms with E-state index in [1.807, 2.05) is 44.2 Å². The average molecular weight is 346 g/mol. The van der Waals surface area contributed by atoms with Crippen LogP contribution in [0.1, 0.15) is 32.6 Å². The molecule has 1 amide bonds. The summed E-state index contributed by atoms with van der Waals surface area (Å²) in [6, 6.07) is 14.0. The molecule has 0 bridgehead atoms. The third-order valence-corrected chi connectivity index (χ3v) is 4.38. The molecular formula is C21H22N4O. The number of benzene rings is 2. The lowest BCUT2D eigenvalue weighted by atomic mass is 10.1. The standard InChI is InChI=1S/C21H22N4O/c1-14-8-9-19(10-16(14)3)25-20(26)18-12-23-21(24-13-18)22-11-17-7-5-4-6-15(17)2/h4-10,12-13H,11H2,1-3H3,(H,25,26)(H,22,23,24). The lowest BCUT2D eigenvalue weighted by Crippen LogP contribution is -2.13. The van der Waals surface area contributed by atoms with Gasteiger partial charge in [0.25, 0.3) is 5.91 Å². The van der Waals surface area contributed by atoms with E-state index in [-0.39, 0.29) is 5.91 Å². The van der Waals surface area contributed by atoms with Gasteiger partial charge in [-0.2, -0.15) is 0 Å². The highest BCUT2D eigenvalue weighted by molar-refractivity contribution is 6.03. The Labute approximate surface area is 153 Å². The summed E-state index contributed by atoms with van der Waals surface area (Å²) in [7, 11) is 0. The Hall–Kier alpha value is -3.21. The summed E-state index contributed by atoms with van der Waals surface area (Å²) in [5.74, 6) is 0.273. The monoisotopic (exact) mass is 346 g/mol. The molecule has 0 unspecified atom stereocenters. The lowest BCUT2D eigenvalue weighted by Gasteiger charge is -2.09. The van der Waals surface area contributed by atoms with Crippen molar-refractivity contribution in [2.24, 2.45) is 0 Å². The van der Waals surface area contributed by atoms with Gasteiger partial charge in [-0.15, -0.1) is 0 Å². The number of rotatable bonds is 5. The van der Waals surface area contributed by atoms with Gasteiger partial charge in [-0.1, -0.05) is 30.3 Å². The molecule has 0 aliphatic heterocycles. The molecule has 0 spiro atoms. The van der Waals surface area contributed by atoms with Crippen molar-refractivity contribution in [3.05, 3.63) is 82.7 Å². The highest BCUT2D eigenvalue weighted by atomic mass is 16.1. The molecule has 2 aromatic carbocycles. The summed E-state index contributed by atoms with van der Waals surface area (Å²) in [4.78, 5) is 20.8. The molecule has 2 N–H and O–H groups in total. The molecule has 26 heavy (non-hydrogen) atoms. The number of hydrogen-bond acceptors (Lipinski definition) is 4. The van der Waals surface area contributed by atoms with Crippen molar-refractivity contribution in [1.82, 2.24) is 9.97 Å². The zero-order valence-corrected chi connectivity index (χ0v) is 15.2. The van der Waals surface area contributed by atoms with E-state index in [0.29, 0.717) is 18.1 Å². The maximum absolute atomic E-state index is 12.3. The van der Waals surface area contributed by atoms with E-state index in [1.54, 1.807) is 0 Å². The van der Waals surface area contributed by atoms with Crippen molar-refractivity contribution >= 4 is 17.5 Å². The van der Waals surface area contributed by atoms with Crippen molar-refractivity contribution in [1.29, 1.82) is 0 Å². The number of hydrogen-bond donors (Lipinski definition) is 2. The van der Waals surface area contributed by atoms with Crippen LogP contribution < -0.4 is 10.6 Å². The Bertz CT molecular complexity index is 920. The Morgan fingerprint density at radius 3 is 2.35 bits per heavy atom. The van der Waals surface area contributed by atoms with Crippen LogP contribution in [0, 0.1) is 20.8 Å². The number of carbonyl (C=O) groups excluding carboxylic acids is 1. The Balaban J connectivity index is 1.62. The van der Waals surface area contributed by atoms with E-state index in [9.17, 15) is 4.79 Å². The van der Waals surface area contributed by atoms with Gasteiger partial charge in [0.2, 0.25) is 5.95 Å². The summed E-state index contributed by atoms with van der Waals surface area (Å²) in [6.45, 7) is 6.76. The predicted octanol–water partition coefficient (Wildman–Crippen LogP) is 4.27. The number of carbonyl (C=O) groups is 1. The summed E-state index contributed by atoms with van der Waals surface area (Å²) < 4.78 is 0. The van der Waals surface area contributed by atoms with E-state index in [1.165, 1.54) is 29.1 Å². The van der Waals surface area contributed by atoms with Gasteiger partial charge < -0.3 is 10.6 Å². The smallest absolute Gasteiger partial charge is 0.258 e. The minimum atomic E-state index is -0.223. The van der Waals surface area contributed by atoms with Crippen LogP contribution in [0.5, 0.6) is 0 Å². The van der Waals surface area contributed by atoms with E-state index < -0.39 is 0 Å². The lowest BCUT2D eigenvalue weighted by molar-refractivity contribution is 0.102. The van der Waals surface area contributed by atoms with Gasteiger partial charge in [0.15, 0.2) is 0 Å². The first kappa shape index (κ1) is 17.6. The van der Waals surface area contributed by atoms with Gasteiger partial charge in [-0.3, -0.25) is 4.79 Å². The van der Waals surface area contributed by atoms with Gasteiger partial charge in [0, 0.05) is 24.6 Å². The molecule has 1 aromatic heterocycles. The van der Waals surface area contributed by atoms with Gasteiger partial charge >= 0.3 is 0 Å². The summed E-state index contributed by atoms with van der Waals surface area (Å²) >= 11 is 0. The van der Waals surface area contributed by atoms with E-state index in [2.05, 4.69) is 39.7 Å². The molecule has 5 nitrogen and oxygen atoms in total. The maximum Gasteiger partial charge on any atom is 0.258 e.